The lowest BCUT2D eigenvalue weighted by atomic mass is 9.89. The van der Waals surface area contributed by atoms with Gasteiger partial charge in [0, 0.05) is 4.90 Å². The van der Waals surface area contributed by atoms with Crippen LogP contribution in [-0.2, 0) is 4.79 Å². The van der Waals surface area contributed by atoms with Crippen LogP contribution in [0.3, 0.4) is 0 Å². The second-order valence-electron chi connectivity index (χ2n) is 5.63. The van der Waals surface area contributed by atoms with E-state index < -0.39 is 17.7 Å². The first-order valence-corrected chi connectivity index (χ1v) is 8.41. The van der Waals surface area contributed by atoms with E-state index in [4.69, 9.17) is 9.84 Å². The van der Waals surface area contributed by atoms with Crippen LogP contribution in [0.25, 0.3) is 0 Å². The highest BCUT2D eigenvalue weighted by Gasteiger charge is 2.41. The van der Waals surface area contributed by atoms with Crippen molar-refractivity contribution in [2.24, 2.45) is 0 Å². The fourth-order valence-corrected chi connectivity index (χ4v) is 2.59. The molecule has 0 aromatic heterocycles. The highest BCUT2D eigenvalue weighted by atomic mass is 32.1. The summed E-state index contributed by atoms with van der Waals surface area (Å²) in [6, 6.07) is 7.51. The molecule has 0 saturated carbocycles. The highest BCUT2D eigenvalue weighted by Crippen LogP contribution is 2.23. The molecule has 2 unspecified atom stereocenters. The van der Waals surface area contributed by atoms with Crippen molar-refractivity contribution >= 4 is 18.6 Å². The summed E-state index contributed by atoms with van der Waals surface area (Å²) in [6.07, 6.45) is 2.05. The van der Waals surface area contributed by atoms with Gasteiger partial charge in [-0.1, -0.05) is 31.9 Å². The number of ether oxygens (including phenoxy) is 1. The van der Waals surface area contributed by atoms with Gasteiger partial charge in [0.15, 0.2) is 5.60 Å². The minimum atomic E-state index is -2.05. The Morgan fingerprint density at radius 1 is 1.26 bits per heavy atom. The molecule has 0 fully saturated rings. The second-order valence-corrected chi connectivity index (χ2v) is 6.12. The molecule has 0 aliphatic rings. The monoisotopic (exact) mass is 342 g/mol. The van der Waals surface area contributed by atoms with E-state index in [0.717, 1.165) is 29.9 Å². The highest BCUT2D eigenvalue weighted by molar-refractivity contribution is 7.80. The molecule has 0 radical (unpaired) electrons. The Kier molecular flexibility index (Phi) is 8.44. The number of aliphatic carboxylic acids is 1. The summed E-state index contributed by atoms with van der Waals surface area (Å²) in [4.78, 5) is 11.9. The zero-order valence-electron chi connectivity index (χ0n) is 13.4. The minimum absolute atomic E-state index is 0.0532. The van der Waals surface area contributed by atoms with Gasteiger partial charge in [-0.2, -0.15) is 0 Å². The molecule has 0 aliphatic carbocycles. The number of unbranched alkanes of at least 4 members (excludes halogenated alkanes) is 3. The maximum absolute atomic E-state index is 11.1. The maximum Gasteiger partial charge on any atom is 0.338 e. The van der Waals surface area contributed by atoms with Gasteiger partial charge in [0.05, 0.1) is 12.7 Å². The number of benzene rings is 1. The molecule has 0 spiro atoms. The molecule has 6 heteroatoms. The van der Waals surface area contributed by atoms with E-state index in [1.54, 1.807) is 6.92 Å². The largest absolute Gasteiger partial charge is 0.492 e. The zero-order valence-corrected chi connectivity index (χ0v) is 14.3. The van der Waals surface area contributed by atoms with Gasteiger partial charge in [-0.3, -0.25) is 0 Å². The molecule has 3 N–H and O–H groups in total. The first-order valence-electron chi connectivity index (χ1n) is 7.96. The van der Waals surface area contributed by atoms with Gasteiger partial charge in [-0.15, -0.1) is 12.6 Å². The van der Waals surface area contributed by atoms with Gasteiger partial charge in [-0.25, -0.2) is 4.79 Å². The Hall–Kier alpha value is -1.24. The predicted octanol–water partition coefficient (Wildman–Crippen LogP) is 2.89. The molecular formula is C17H26O5S. The van der Waals surface area contributed by atoms with Crippen LogP contribution in [-0.4, -0.2) is 39.6 Å². The van der Waals surface area contributed by atoms with Crippen molar-refractivity contribution in [3.8, 4) is 5.75 Å². The predicted molar refractivity (Wildman–Crippen MR) is 91.2 cm³/mol. The summed E-state index contributed by atoms with van der Waals surface area (Å²) in [5, 5.41) is 28.8. The van der Waals surface area contributed by atoms with Gasteiger partial charge in [0.1, 0.15) is 5.75 Å². The molecule has 23 heavy (non-hydrogen) atoms. The summed E-state index contributed by atoms with van der Waals surface area (Å²) in [6.45, 7) is 2.22. The average molecular weight is 342 g/mol. The fourth-order valence-electron chi connectivity index (χ4n) is 2.37. The van der Waals surface area contributed by atoms with E-state index in [9.17, 15) is 15.0 Å². The van der Waals surface area contributed by atoms with Gasteiger partial charge in [0.25, 0.3) is 0 Å². The summed E-state index contributed by atoms with van der Waals surface area (Å²) >= 11 is 4.30. The van der Waals surface area contributed by atoms with Crippen LogP contribution >= 0.6 is 12.6 Å². The first-order chi connectivity index (χ1) is 10.9. The quantitative estimate of drug-likeness (QED) is 0.367. The number of carbonyl (C=O) groups is 1. The number of hydrogen-bond acceptors (Lipinski definition) is 5. The van der Waals surface area contributed by atoms with E-state index in [2.05, 4.69) is 12.6 Å². The van der Waals surface area contributed by atoms with Crippen molar-refractivity contribution in [3.05, 3.63) is 24.3 Å². The van der Waals surface area contributed by atoms with E-state index in [-0.39, 0.29) is 12.8 Å². The van der Waals surface area contributed by atoms with Crippen LogP contribution in [0, 0.1) is 0 Å². The van der Waals surface area contributed by atoms with Crippen molar-refractivity contribution in [3.63, 3.8) is 0 Å². The van der Waals surface area contributed by atoms with Gasteiger partial charge in [0.2, 0.25) is 0 Å². The van der Waals surface area contributed by atoms with Crippen molar-refractivity contribution in [1.29, 1.82) is 0 Å². The van der Waals surface area contributed by atoms with E-state index in [1.807, 2.05) is 24.3 Å². The number of carboxylic acids is 1. The van der Waals surface area contributed by atoms with Crippen LogP contribution in [0.1, 0.15) is 45.4 Å². The van der Waals surface area contributed by atoms with Gasteiger partial charge >= 0.3 is 5.97 Å². The number of hydrogen-bond donors (Lipinski definition) is 4. The number of thiol groups is 1. The number of carboxylic acid groups (broad SMARTS) is 1. The first kappa shape index (κ1) is 19.8. The van der Waals surface area contributed by atoms with Gasteiger partial charge < -0.3 is 20.1 Å². The summed E-state index contributed by atoms with van der Waals surface area (Å²) in [5.74, 6) is -0.609. The van der Waals surface area contributed by atoms with Crippen LogP contribution < -0.4 is 4.74 Å². The molecule has 0 heterocycles. The Balaban J connectivity index is 2.22. The SMILES string of the molecule is CCC(O)C(O)(CCCCCCOc1ccccc1S)C(=O)O. The fraction of sp³-hybridized carbons (Fsp3) is 0.588. The molecule has 130 valence electrons. The Morgan fingerprint density at radius 2 is 1.91 bits per heavy atom. The lowest BCUT2D eigenvalue weighted by Gasteiger charge is -2.28. The van der Waals surface area contributed by atoms with Crippen LogP contribution in [0.2, 0.25) is 0 Å². The second kappa shape index (κ2) is 9.80. The molecule has 0 saturated heterocycles. The van der Waals surface area contributed by atoms with Gasteiger partial charge in [-0.05, 0) is 37.8 Å². The van der Waals surface area contributed by atoms with E-state index >= 15 is 0 Å². The molecule has 5 nitrogen and oxygen atoms in total. The van der Waals surface area contributed by atoms with Crippen molar-refractivity contribution < 1.29 is 24.9 Å². The molecule has 1 rings (SSSR count). The molecule has 2 atom stereocenters. The molecule has 0 bridgehead atoms. The van der Waals surface area contributed by atoms with Crippen LogP contribution in [0.15, 0.2) is 29.2 Å². The Labute approximate surface area is 142 Å². The number of para-hydroxylation sites is 1. The minimum Gasteiger partial charge on any atom is -0.492 e. The summed E-state index contributed by atoms with van der Waals surface area (Å²) < 4.78 is 5.62. The molecule has 0 aliphatic heterocycles. The summed E-state index contributed by atoms with van der Waals surface area (Å²) in [5.41, 5.74) is -2.05. The van der Waals surface area contributed by atoms with E-state index in [1.165, 1.54) is 0 Å². The normalized spacial score (nSPS) is 15.0. The Morgan fingerprint density at radius 3 is 2.52 bits per heavy atom. The van der Waals surface area contributed by atoms with Crippen LogP contribution in [0.4, 0.5) is 0 Å². The third-order valence-electron chi connectivity index (χ3n) is 3.88. The summed E-state index contributed by atoms with van der Waals surface area (Å²) in [7, 11) is 0. The average Bonchev–Trinajstić information content (AvgIpc) is 2.54. The Bertz CT molecular complexity index is 494. The maximum atomic E-state index is 11.1. The van der Waals surface area contributed by atoms with E-state index in [0.29, 0.717) is 13.0 Å². The topological polar surface area (TPSA) is 87.0 Å². The van der Waals surface area contributed by atoms with Crippen molar-refractivity contribution in [2.75, 3.05) is 6.61 Å². The smallest absolute Gasteiger partial charge is 0.338 e. The molecule has 1 aromatic rings. The lowest BCUT2D eigenvalue weighted by molar-refractivity contribution is -0.173. The molecule has 0 amide bonds. The van der Waals surface area contributed by atoms with Crippen LogP contribution in [0.5, 0.6) is 5.75 Å². The number of aliphatic hydroxyl groups is 2. The number of aliphatic hydroxyl groups excluding tert-OH is 1. The third-order valence-corrected chi connectivity index (χ3v) is 4.25. The number of rotatable bonds is 11. The third kappa shape index (κ3) is 6.05. The standard InChI is InChI=1S/C17H26O5S/c1-2-15(18)17(21,16(19)20)11-7-3-4-8-12-22-13-9-5-6-10-14(13)23/h5-6,9-10,15,18,21,23H,2-4,7-8,11-12H2,1H3,(H,19,20). The molecular weight excluding hydrogens is 316 g/mol. The lowest BCUT2D eigenvalue weighted by Crippen LogP contribution is -2.49. The van der Waals surface area contributed by atoms with Crippen molar-refractivity contribution in [2.45, 2.75) is 62.0 Å². The van der Waals surface area contributed by atoms with Crippen molar-refractivity contribution in [1.82, 2.24) is 0 Å². The zero-order chi connectivity index (χ0) is 17.3. The molecule has 1 aromatic carbocycles.